The molecule has 2 aromatic rings. The van der Waals surface area contributed by atoms with E-state index in [4.69, 9.17) is 4.52 Å². The van der Waals surface area contributed by atoms with Crippen LogP contribution >= 0.6 is 0 Å². The van der Waals surface area contributed by atoms with Crippen LogP contribution in [-0.4, -0.2) is 75.4 Å². The van der Waals surface area contributed by atoms with Gasteiger partial charge in [-0.05, 0) is 33.8 Å². The molecule has 4 rings (SSSR count). The molecule has 2 fully saturated rings. The summed E-state index contributed by atoms with van der Waals surface area (Å²) in [5, 5.41) is 8.33. The number of nitrogens with zero attached hydrogens (tertiary/aromatic N) is 6. The van der Waals surface area contributed by atoms with Crippen LogP contribution in [0.4, 0.5) is 0 Å². The second kappa shape index (κ2) is 7.45. The van der Waals surface area contributed by atoms with Gasteiger partial charge in [-0.2, -0.15) is 10.1 Å². The van der Waals surface area contributed by atoms with Gasteiger partial charge >= 0.3 is 0 Å². The van der Waals surface area contributed by atoms with Crippen LogP contribution < -0.4 is 0 Å². The fourth-order valence-electron chi connectivity index (χ4n) is 4.67. The van der Waals surface area contributed by atoms with Gasteiger partial charge in [0.2, 0.25) is 21.8 Å². The molecule has 0 saturated carbocycles. The van der Waals surface area contributed by atoms with E-state index in [1.165, 1.54) is 4.31 Å². The number of hydrogen-bond donors (Lipinski definition) is 0. The highest BCUT2D eigenvalue weighted by molar-refractivity contribution is 7.89. The van der Waals surface area contributed by atoms with Crippen molar-refractivity contribution in [1.29, 1.82) is 0 Å². The number of rotatable bonds is 6. The summed E-state index contributed by atoms with van der Waals surface area (Å²) < 4.78 is 33.8. The number of hydrogen-bond acceptors (Lipinski definition) is 7. The molecule has 0 unspecified atom stereocenters. The summed E-state index contributed by atoms with van der Waals surface area (Å²) in [7, 11) is -3.34. The zero-order chi connectivity index (χ0) is 21.7. The third kappa shape index (κ3) is 3.53. The van der Waals surface area contributed by atoms with E-state index in [9.17, 15) is 13.2 Å². The Morgan fingerprint density at radius 2 is 2.03 bits per heavy atom. The monoisotopic (exact) mass is 436 g/mol. The molecule has 2 aliphatic rings. The smallest absolute Gasteiger partial charge is 0.236 e. The second-order valence-electron chi connectivity index (χ2n) is 8.37. The first-order chi connectivity index (χ1) is 14.1. The third-order valence-electron chi connectivity index (χ3n) is 6.28. The Labute approximate surface area is 176 Å². The highest BCUT2D eigenvalue weighted by Gasteiger charge is 2.59. The first kappa shape index (κ1) is 21.0. The van der Waals surface area contributed by atoms with Gasteiger partial charge in [0.1, 0.15) is 0 Å². The summed E-state index contributed by atoms with van der Waals surface area (Å²) in [5.74, 6) is 0.926. The third-order valence-corrected chi connectivity index (χ3v) is 8.08. The Kier molecular flexibility index (Phi) is 5.21. The largest absolute Gasteiger partial charge is 0.341 e. The lowest BCUT2D eigenvalue weighted by Crippen LogP contribution is -2.41. The lowest BCUT2D eigenvalue weighted by atomic mass is 9.81. The SMILES string of the molecule is CCS(=O)(=O)N1C[C@@H]2CN(C(=O)CCn3nc(C)cc3C)C[C@]2(c2nc(C)no2)C1. The van der Waals surface area contributed by atoms with Crippen molar-refractivity contribution in [3.63, 3.8) is 0 Å². The summed E-state index contributed by atoms with van der Waals surface area (Å²) in [4.78, 5) is 19.2. The number of likely N-dealkylation sites (tertiary alicyclic amines) is 1. The number of carbonyl (C=O) groups excluding carboxylic acids is 1. The minimum atomic E-state index is -3.34. The minimum absolute atomic E-state index is 0.0254. The van der Waals surface area contributed by atoms with E-state index in [2.05, 4.69) is 15.2 Å². The fraction of sp³-hybridized carbons (Fsp3) is 0.684. The number of fused-ring (bicyclic) bond motifs is 1. The quantitative estimate of drug-likeness (QED) is 0.653. The van der Waals surface area contributed by atoms with Gasteiger partial charge in [-0.3, -0.25) is 9.48 Å². The molecule has 2 atom stereocenters. The molecule has 11 heteroatoms. The molecule has 2 saturated heterocycles. The number of carbonyl (C=O) groups is 1. The van der Waals surface area contributed by atoms with Gasteiger partial charge in [0.25, 0.3) is 0 Å². The van der Waals surface area contributed by atoms with Gasteiger partial charge in [-0.1, -0.05) is 5.16 Å². The first-order valence-electron chi connectivity index (χ1n) is 10.2. The summed E-state index contributed by atoms with van der Waals surface area (Å²) in [6.07, 6.45) is 0.338. The zero-order valence-electron chi connectivity index (χ0n) is 17.8. The average molecular weight is 437 g/mol. The van der Waals surface area contributed by atoms with Crippen LogP contribution in [0, 0.1) is 26.7 Å². The van der Waals surface area contributed by atoms with E-state index >= 15 is 0 Å². The molecule has 0 aliphatic carbocycles. The molecule has 0 radical (unpaired) electrons. The second-order valence-corrected chi connectivity index (χ2v) is 10.6. The Morgan fingerprint density at radius 3 is 2.63 bits per heavy atom. The summed E-state index contributed by atoms with van der Waals surface area (Å²) >= 11 is 0. The zero-order valence-corrected chi connectivity index (χ0v) is 18.6. The molecule has 2 aliphatic heterocycles. The molecule has 10 nitrogen and oxygen atoms in total. The summed E-state index contributed by atoms with van der Waals surface area (Å²) in [6.45, 7) is 9.28. The Morgan fingerprint density at radius 1 is 1.27 bits per heavy atom. The molecular weight excluding hydrogens is 408 g/mol. The van der Waals surface area contributed by atoms with Gasteiger partial charge in [0.15, 0.2) is 5.82 Å². The van der Waals surface area contributed by atoms with E-state index in [1.54, 1.807) is 13.8 Å². The fourth-order valence-corrected chi connectivity index (χ4v) is 5.87. The van der Waals surface area contributed by atoms with Crippen molar-refractivity contribution in [3.8, 4) is 0 Å². The van der Waals surface area contributed by atoms with E-state index in [0.717, 1.165) is 11.4 Å². The maximum Gasteiger partial charge on any atom is 0.236 e. The van der Waals surface area contributed by atoms with Crippen molar-refractivity contribution in [2.75, 3.05) is 31.9 Å². The van der Waals surface area contributed by atoms with Gasteiger partial charge in [0, 0.05) is 50.8 Å². The lowest BCUT2D eigenvalue weighted by molar-refractivity contribution is -0.130. The highest BCUT2D eigenvalue weighted by Crippen LogP contribution is 2.45. The molecule has 30 heavy (non-hydrogen) atoms. The molecule has 0 aromatic carbocycles. The van der Waals surface area contributed by atoms with Gasteiger partial charge in [-0.15, -0.1) is 0 Å². The first-order valence-corrected chi connectivity index (χ1v) is 11.8. The van der Waals surface area contributed by atoms with Crippen LogP contribution in [0.1, 0.15) is 36.4 Å². The van der Waals surface area contributed by atoms with E-state index in [1.807, 2.05) is 29.5 Å². The number of aromatic nitrogens is 4. The van der Waals surface area contributed by atoms with Crippen molar-refractivity contribution in [2.24, 2.45) is 5.92 Å². The Bertz CT molecular complexity index is 1060. The average Bonchev–Trinajstić information content (AvgIpc) is 3.42. The summed E-state index contributed by atoms with van der Waals surface area (Å²) in [5.41, 5.74) is 1.30. The Balaban J connectivity index is 1.53. The van der Waals surface area contributed by atoms with Crippen LogP contribution in [0.5, 0.6) is 0 Å². The predicted molar refractivity (Wildman–Crippen MR) is 108 cm³/mol. The van der Waals surface area contributed by atoms with Gasteiger partial charge in [0.05, 0.1) is 16.9 Å². The number of amides is 1. The Hall–Kier alpha value is -2.27. The molecular formula is C19H28N6O4S. The molecule has 0 N–H and O–H groups in total. The van der Waals surface area contributed by atoms with Crippen LogP contribution in [0.15, 0.2) is 10.6 Å². The predicted octanol–water partition coefficient (Wildman–Crippen LogP) is 0.643. The van der Waals surface area contributed by atoms with Crippen LogP contribution in [0.25, 0.3) is 0 Å². The van der Waals surface area contributed by atoms with Crippen LogP contribution in [0.3, 0.4) is 0 Å². The molecule has 1 amide bonds. The minimum Gasteiger partial charge on any atom is -0.341 e. The normalized spacial score (nSPS) is 24.5. The van der Waals surface area contributed by atoms with Crippen molar-refractivity contribution in [2.45, 2.75) is 46.1 Å². The van der Waals surface area contributed by atoms with E-state index in [-0.39, 0.29) is 24.1 Å². The topological polar surface area (TPSA) is 114 Å². The summed E-state index contributed by atoms with van der Waals surface area (Å²) in [6, 6.07) is 1.99. The number of sulfonamides is 1. The molecule has 0 bridgehead atoms. The van der Waals surface area contributed by atoms with Crippen LogP contribution in [0.2, 0.25) is 0 Å². The number of aryl methyl sites for hydroxylation is 4. The maximum atomic E-state index is 13.0. The molecule has 164 valence electrons. The molecule has 0 spiro atoms. The van der Waals surface area contributed by atoms with E-state index in [0.29, 0.717) is 44.3 Å². The van der Waals surface area contributed by atoms with Crippen molar-refractivity contribution >= 4 is 15.9 Å². The van der Waals surface area contributed by atoms with Crippen molar-refractivity contribution in [1.82, 2.24) is 29.1 Å². The highest BCUT2D eigenvalue weighted by atomic mass is 32.2. The van der Waals surface area contributed by atoms with Crippen molar-refractivity contribution < 1.29 is 17.7 Å². The van der Waals surface area contributed by atoms with Gasteiger partial charge < -0.3 is 9.42 Å². The van der Waals surface area contributed by atoms with Crippen molar-refractivity contribution in [3.05, 3.63) is 29.2 Å². The van der Waals surface area contributed by atoms with Gasteiger partial charge in [-0.25, -0.2) is 12.7 Å². The van der Waals surface area contributed by atoms with Crippen LogP contribution in [-0.2, 0) is 26.8 Å². The molecule has 2 aromatic heterocycles. The molecule has 4 heterocycles. The lowest BCUT2D eigenvalue weighted by Gasteiger charge is -2.25. The van der Waals surface area contributed by atoms with E-state index < -0.39 is 15.4 Å². The standard InChI is InChI=1S/C19H28N6O4S/c1-5-30(27,28)24-10-16-9-23(11-19(16,12-24)18-20-15(4)22-29-18)17(26)6-7-25-14(3)8-13(2)21-25/h8,16H,5-7,9-12H2,1-4H3/t16-,19-/m0/s1. The maximum absolute atomic E-state index is 13.0.